The van der Waals surface area contributed by atoms with Gasteiger partial charge in [0.25, 0.3) is 0 Å². The van der Waals surface area contributed by atoms with Gasteiger partial charge in [-0.05, 0) is 27.4 Å². The van der Waals surface area contributed by atoms with Crippen molar-refractivity contribution in [2.75, 3.05) is 20.6 Å². The second-order valence-electron chi connectivity index (χ2n) is 5.19. The zero-order chi connectivity index (χ0) is 13.1. The van der Waals surface area contributed by atoms with Gasteiger partial charge in [-0.15, -0.1) is 6.42 Å². The summed E-state index contributed by atoms with van der Waals surface area (Å²) in [4.78, 5) is 2.21. The Morgan fingerprint density at radius 1 is 1.11 bits per heavy atom. The molecule has 2 heteroatoms. The zero-order valence-electron chi connectivity index (χ0n) is 13.3. The number of hydrogen-bond acceptors (Lipinski definition) is 1. The predicted molar refractivity (Wildman–Crippen MR) is 79.1 cm³/mol. The molecule has 0 saturated heterocycles. The number of allylic oxidation sites excluding steroid dienone is 3. The van der Waals surface area contributed by atoms with Gasteiger partial charge in [-0.1, -0.05) is 44.3 Å². The van der Waals surface area contributed by atoms with Crippen LogP contribution in [0.1, 0.15) is 52.4 Å². The van der Waals surface area contributed by atoms with E-state index >= 15 is 0 Å². The number of nitrogens with zero attached hydrogens (tertiary/aromatic N) is 1. The van der Waals surface area contributed by atoms with Crippen molar-refractivity contribution in [2.45, 2.75) is 52.4 Å². The fourth-order valence-electron chi connectivity index (χ4n) is 1.87. The monoisotopic (exact) mass is 243 g/mol. The minimum absolute atomic E-state index is 0. The van der Waals surface area contributed by atoms with Gasteiger partial charge in [0.15, 0.2) is 0 Å². The van der Waals surface area contributed by atoms with Crippen LogP contribution in [0.5, 0.6) is 0 Å². The SMILES string of the molecule is [CH2-]/C(=C/CCCCC)CC/C=C(\C)CN(C)C.[Li+]. The van der Waals surface area contributed by atoms with Crippen LogP contribution in [-0.2, 0) is 0 Å². The molecule has 0 radical (unpaired) electrons. The van der Waals surface area contributed by atoms with Gasteiger partial charge in [-0.2, -0.15) is 0 Å². The van der Waals surface area contributed by atoms with E-state index in [1.165, 1.54) is 36.8 Å². The molecule has 0 fully saturated rings. The number of hydrogen-bond donors (Lipinski definition) is 0. The molecule has 0 heterocycles. The molecular formula is C16H30LiN. The molecule has 0 aromatic heterocycles. The van der Waals surface area contributed by atoms with Gasteiger partial charge in [0.2, 0.25) is 0 Å². The Balaban J connectivity index is 0. The molecule has 0 aromatic carbocycles. The summed E-state index contributed by atoms with van der Waals surface area (Å²) in [6, 6.07) is 0. The van der Waals surface area contributed by atoms with Crippen LogP contribution in [0.4, 0.5) is 0 Å². The molecule has 0 N–H and O–H groups in total. The molecule has 0 amide bonds. The molecule has 18 heavy (non-hydrogen) atoms. The van der Waals surface area contributed by atoms with Crippen molar-refractivity contribution >= 4 is 0 Å². The van der Waals surface area contributed by atoms with E-state index in [0.29, 0.717) is 0 Å². The number of rotatable bonds is 9. The molecule has 0 aliphatic rings. The summed E-state index contributed by atoms with van der Waals surface area (Å²) in [5.74, 6) is 0. The molecule has 0 atom stereocenters. The van der Waals surface area contributed by atoms with Crippen molar-refractivity contribution in [3.05, 3.63) is 30.2 Å². The number of likely N-dealkylation sites (N-methyl/N-ethyl adjacent to an activating group) is 1. The molecule has 0 unspecified atom stereocenters. The Morgan fingerprint density at radius 2 is 1.78 bits per heavy atom. The smallest absolute Gasteiger partial charge is 0.305 e. The average molecular weight is 243 g/mol. The molecule has 0 aliphatic heterocycles. The third-order valence-electron chi connectivity index (χ3n) is 2.76. The van der Waals surface area contributed by atoms with Crippen molar-refractivity contribution in [2.24, 2.45) is 0 Å². The Kier molecular flexibility index (Phi) is 15.0. The van der Waals surface area contributed by atoms with Crippen LogP contribution in [0.25, 0.3) is 0 Å². The Morgan fingerprint density at radius 3 is 2.33 bits per heavy atom. The first-order valence-corrected chi connectivity index (χ1v) is 6.87. The summed E-state index contributed by atoms with van der Waals surface area (Å²) in [6.45, 7) is 9.62. The van der Waals surface area contributed by atoms with Gasteiger partial charge >= 0.3 is 18.9 Å². The predicted octanol–water partition coefficient (Wildman–Crippen LogP) is 1.62. The summed E-state index contributed by atoms with van der Waals surface area (Å²) >= 11 is 0. The molecule has 0 rings (SSSR count). The fourth-order valence-corrected chi connectivity index (χ4v) is 1.87. The van der Waals surface area contributed by atoms with E-state index in [0.717, 1.165) is 19.4 Å². The minimum atomic E-state index is 0. The van der Waals surface area contributed by atoms with Gasteiger partial charge in [0.05, 0.1) is 0 Å². The Hall–Kier alpha value is -0.0926. The van der Waals surface area contributed by atoms with Gasteiger partial charge in [-0.3, -0.25) is 0 Å². The molecule has 100 valence electrons. The molecule has 1 nitrogen and oxygen atoms in total. The molecular weight excluding hydrogens is 213 g/mol. The first-order chi connectivity index (χ1) is 8.06. The summed E-state index contributed by atoms with van der Waals surface area (Å²) in [6.07, 6.45) is 12.0. The normalized spacial score (nSPS) is 12.7. The van der Waals surface area contributed by atoms with Crippen molar-refractivity contribution in [1.29, 1.82) is 0 Å². The fraction of sp³-hybridized carbons (Fsp3) is 0.688. The minimum Gasteiger partial charge on any atom is -0.305 e. The van der Waals surface area contributed by atoms with Crippen LogP contribution in [0.3, 0.4) is 0 Å². The quantitative estimate of drug-likeness (QED) is 0.257. The average Bonchev–Trinajstić information content (AvgIpc) is 2.23. The first kappa shape index (κ1) is 20.2. The third-order valence-corrected chi connectivity index (χ3v) is 2.76. The van der Waals surface area contributed by atoms with Gasteiger partial charge in [0, 0.05) is 6.54 Å². The van der Waals surface area contributed by atoms with Crippen LogP contribution in [0, 0.1) is 6.92 Å². The van der Waals surface area contributed by atoms with E-state index < -0.39 is 0 Å². The molecule has 0 saturated carbocycles. The van der Waals surface area contributed by atoms with Crippen LogP contribution < -0.4 is 18.9 Å². The maximum atomic E-state index is 4.11. The third kappa shape index (κ3) is 14.0. The zero-order valence-corrected chi connectivity index (χ0v) is 13.3. The van der Waals surface area contributed by atoms with Crippen LogP contribution in [-0.4, -0.2) is 25.5 Å². The van der Waals surface area contributed by atoms with Crippen LogP contribution in [0.15, 0.2) is 23.3 Å². The molecule has 0 spiro atoms. The molecule has 0 aliphatic carbocycles. The number of unbranched alkanes of at least 4 members (excludes halogenated alkanes) is 3. The van der Waals surface area contributed by atoms with E-state index in [-0.39, 0.29) is 18.9 Å². The standard InChI is InChI=1S/C16H30N.Li/c1-6-7-8-9-11-15(2)12-10-13-16(3)14-17(4)5;/h11,13H,2,6-10,12,14H2,1,3-5H3;/q-1;+1/b15-11-,16-13+;. The molecule has 0 bridgehead atoms. The van der Waals surface area contributed by atoms with Crippen molar-refractivity contribution in [3.8, 4) is 0 Å². The Bertz CT molecular complexity index is 241. The van der Waals surface area contributed by atoms with E-state index in [4.69, 9.17) is 0 Å². The second kappa shape index (κ2) is 13.3. The van der Waals surface area contributed by atoms with Gasteiger partial charge in [-0.25, -0.2) is 18.6 Å². The summed E-state index contributed by atoms with van der Waals surface area (Å²) in [5.41, 5.74) is 2.75. The van der Waals surface area contributed by atoms with E-state index in [9.17, 15) is 0 Å². The van der Waals surface area contributed by atoms with Crippen LogP contribution >= 0.6 is 0 Å². The summed E-state index contributed by atoms with van der Waals surface area (Å²) in [7, 11) is 4.22. The Labute approximate surface area is 127 Å². The second-order valence-corrected chi connectivity index (χ2v) is 5.19. The summed E-state index contributed by atoms with van der Waals surface area (Å²) < 4.78 is 0. The summed E-state index contributed by atoms with van der Waals surface area (Å²) in [5, 5.41) is 0. The largest absolute Gasteiger partial charge is 1.00 e. The van der Waals surface area contributed by atoms with Gasteiger partial charge < -0.3 is 4.90 Å². The van der Waals surface area contributed by atoms with Gasteiger partial charge in [0.1, 0.15) is 0 Å². The van der Waals surface area contributed by atoms with Crippen molar-refractivity contribution < 1.29 is 18.9 Å². The van der Waals surface area contributed by atoms with E-state index in [1.54, 1.807) is 0 Å². The maximum absolute atomic E-state index is 4.11. The topological polar surface area (TPSA) is 3.24 Å². The van der Waals surface area contributed by atoms with Crippen molar-refractivity contribution in [3.63, 3.8) is 0 Å². The molecule has 0 aromatic rings. The van der Waals surface area contributed by atoms with Crippen molar-refractivity contribution in [1.82, 2.24) is 4.90 Å². The first-order valence-electron chi connectivity index (χ1n) is 6.87. The van der Waals surface area contributed by atoms with E-state index in [2.05, 4.69) is 51.9 Å². The van der Waals surface area contributed by atoms with E-state index in [1.807, 2.05) is 0 Å². The maximum Gasteiger partial charge on any atom is 1.00 e. The van der Waals surface area contributed by atoms with Crippen LogP contribution in [0.2, 0.25) is 0 Å².